The van der Waals surface area contributed by atoms with Gasteiger partial charge in [-0.15, -0.1) is 0 Å². The van der Waals surface area contributed by atoms with Crippen LogP contribution in [0.3, 0.4) is 0 Å². The molecule has 2 heterocycles. The van der Waals surface area contributed by atoms with Gasteiger partial charge in [0.2, 0.25) is 0 Å². The normalized spacial score (nSPS) is 31.8. The van der Waals surface area contributed by atoms with Gasteiger partial charge >= 0.3 is 0 Å². The molecule has 1 spiro atoms. The number of piperidine rings is 1. The molecule has 2 aliphatic rings. The lowest BCUT2D eigenvalue weighted by atomic mass is 9.75. The molecule has 0 aliphatic carbocycles. The molecule has 3 unspecified atom stereocenters. The largest absolute Gasteiger partial charge is 0.486 e. The van der Waals surface area contributed by atoms with E-state index in [0.717, 1.165) is 49.1 Å². The van der Waals surface area contributed by atoms with Gasteiger partial charge in [0.25, 0.3) is 0 Å². The Labute approximate surface area is 136 Å². The molecule has 4 heteroatoms. The quantitative estimate of drug-likeness (QED) is 0.871. The van der Waals surface area contributed by atoms with Crippen LogP contribution in [0.2, 0.25) is 0 Å². The third kappa shape index (κ3) is 2.99. The second-order valence-electron chi connectivity index (χ2n) is 6.41. The maximum Gasteiger partial charge on any atom is 0.125 e. The number of fused-ring (bicyclic) bond motifs is 1. The summed E-state index contributed by atoms with van der Waals surface area (Å²) in [5, 5.41) is 7.21. The summed E-state index contributed by atoms with van der Waals surface area (Å²) in [4.78, 5) is 0. The number of ether oxygens (including phenoxy) is 1. The lowest BCUT2D eigenvalue weighted by molar-refractivity contribution is -0.0373. The number of nitrogens with one attached hydrogen (secondary N) is 2. The summed E-state index contributed by atoms with van der Waals surface area (Å²) in [6.07, 6.45) is 3.32. The van der Waals surface area contributed by atoms with E-state index in [9.17, 15) is 0 Å². The Balaban J connectivity index is 1.94. The first-order valence-electron chi connectivity index (χ1n) is 8.07. The topological polar surface area (TPSA) is 33.3 Å². The molecule has 3 rings (SSSR count). The molecule has 3 nitrogen and oxygen atoms in total. The fourth-order valence-electron chi connectivity index (χ4n) is 3.61. The minimum Gasteiger partial charge on any atom is -0.486 e. The molecular weight excluding hydrogens is 328 g/mol. The van der Waals surface area contributed by atoms with Gasteiger partial charge in [0.15, 0.2) is 0 Å². The van der Waals surface area contributed by atoms with Crippen LogP contribution in [0.5, 0.6) is 5.75 Å². The van der Waals surface area contributed by atoms with Crippen LogP contribution in [0.25, 0.3) is 0 Å². The maximum atomic E-state index is 6.54. The first-order valence-corrected chi connectivity index (χ1v) is 8.86. The van der Waals surface area contributed by atoms with Crippen molar-refractivity contribution < 1.29 is 4.74 Å². The SMILES string of the molecule is CCCNC1CC2(CCNCC2C)Oc2ccc(Br)cc21. The third-order valence-electron chi connectivity index (χ3n) is 4.92. The summed E-state index contributed by atoms with van der Waals surface area (Å²) in [5.41, 5.74) is 1.28. The molecule has 1 saturated heterocycles. The van der Waals surface area contributed by atoms with Gasteiger partial charge in [0, 0.05) is 35.0 Å². The van der Waals surface area contributed by atoms with E-state index in [1.54, 1.807) is 0 Å². The van der Waals surface area contributed by atoms with Crippen molar-refractivity contribution in [3.8, 4) is 5.75 Å². The highest BCUT2D eigenvalue weighted by molar-refractivity contribution is 9.10. The predicted octanol–water partition coefficient (Wildman–Crippen LogP) is 3.64. The molecule has 0 amide bonds. The zero-order chi connectivity index (χ0) is 14.9. The summed E-state index contributed by atoms with van der Waals surface area (Å²) in [5.74, 6) is 1.60. The van der Waals surface area contributed by atoms with Gasteiger partial charge in [0.05, 0.1) is 0 Å². The van der Waals surface area contributed by atoms with Crippen LogP contribution in [0.15, 0.2) is 22.7 Å². The molecule has 2 aliphatic heterocycles. The summed E-state index contributed by atoms with van der Waals surface area (Å²) >= 11 is 3.59. The molecule has 0 saturated carbocycles. The fraction of sp³-hybridized carbons (Fsp3) is 0.647. The van der Waals surface area contributed by atoms with Crippen molar-refractivity contribution in [2.24, 2.45) is 5.92 Å². The molecule has 2 N–H and O–H groups in total. The predicted molar refractivity (Wildman–Crippen MR) is 89.8 cm³/mol. The number of rotatable bonds is 3. The molecule has 3 atom stereocenters. The van der Waals surface area contributed by atoms with Gasteiger partial charge in [-0.1, -0.05) is 29.8 Å². The highest BCUT2D eigenvalue weighted by atomic mass is 79.9. The van der Waals surface area contributed by atoms with Gasteiger partial charge < -0.3 is 15.4 Å². The van der Waals surface area contributed by atoms with Crippen molar-refractivity contribution in [1.29, 1.82) is 0 Å². The van der Waals surface area contributed by atoms with E-state index in [1.165, 1.54) is 5.56 Å². The Bertz CT molecular complexity index is 508. The Morgan fingerprint density at radius 1 is 1.48 bits per heavy atom. The standard InChI is InChI=1S/C17H25BrN2O/c1-3-7-20-15-10-17(6-8-19-11-12(17)2)21-16-5-4-13(18)9-14(15)16/h4-5,9,12,15,19-20H,3,6-8,10-11H2,1-2H3. The maximum absolute atomic E-state index is 6.54. The van der Waals surface area contributed by atoms with Gasteiger partial charge in [-0.3, -0.25) is 0 Å². The average Bonchev–Trinajstić information content (AvgIpc) is 2.49. The fourth-order valence-corrected chi connectivity index (χ4v) is 3.99. The summed E-state index contributed by atoms with van der Waals surface area (Å²) in [7, 11) is 0. The Hall–Kier alpha value is -0.580. The first kappa shape index (κ1) is 15.3. The number of hydrogen-bond donors (Lipinski definition) is 2. The average molecular weight is 353 g/mol. The van der Waals surface area contributed by atoms with Gasteiger partial charge in [-0.05, 0) is 44.1 Å². The van der Waals surface area contributed by atoms with Gasteiger partial charge in [-0.25, -0.2) is 0 Å². The van der Waals surface area contributed by atoms with Crippen LogP contribution in [-0.2, 0) is 0 Å². The zero-order valence-corrected chi connectivity index (χ0v) is 14.5. The molecule has 0 radical (unpaired) electrons. The van der Waals surface area contributed by atoms with Crippen LogP contribution in [0, 0.1) is 5.92 Å². The van der Waals surface area contributed by atoms with E-state index in [1.807, 2.05) is 0 Å². The monoisotopic (exact) mass is 352 g/mol. The molecule has 1 aromatic rings. The van der Waals surface area contributed by atoms with Crippen molar-refractivity contribution in [2.45, 2.75) is 44.8 Å². The second-order valence-corrected chi connectivity index (χ2v) is 7.33. The lowest BCUT2D eigenvalue weighted by Crippen LogP contribution is -2.56. The van der Waals surface area contributed by atoms with Crippen LogP contribution >= 0.6 is 15.9 Å². The van der Waals surface area contributed by atoms with Crippen molar-refractivity contribution in [1.82, 2.24) is 10.6 Å². The number of halogens is 1. The van der Waals surface area contributed by atoms with Crippen molar-refractivity contribution in [3.05, 3.63) is 28.2 Å². The van der Waals surface area contributed by atoms with Gasteiger partial charge in [-0.2, -0.15) is 0 Å². The number of benzene rings is 1. The van der Waals surface area contributed by atoms with E-state index in [-0.39, 0.29) is 5.60 Å². The van der Waals surface area contributed by atoms with Crippen LogP contribution in [0.4, 0.5) is 0 Å². The second kappa shape index (κ2) is 6.27. The van der Waals surface area contributed by atoms with Crippen molar-refractivity contribution >= 4 is 15.9 Å². The lowest BCUT2D eigenvalue weighted by Gasteiger charge is -2.48. The highest BCUT2D eigenvalue weighted by Crippen LogP contribution is 2.46. The smallest absolute Gasteiger partial charge is 0.125 e. The van der Waals surface area contributed by atoms with Crippen LogP contribution in [0.1, 0.15) is 44.7 Å². The molecule has 1 aromatic carbocycles. The first-order chi connectivity index (χ1) is 10.1. The molecular formula is C17H25BrN2O. The van der Waals surface area contributed by atoms with Crippen LogP contribution in [-0.4, -0.2) is 25.2 Å². The zero-order valence-electron chi connectivity index (χ0n) is 12.9. The molecule has 0 aromatic heterocycles. The van der Waals surface area contributed by atoms with E-state index < -0.39 is 0 Å². The Morgan fingerprint density at radius 3 is 3.10 bits per heavy atom. The summed E-state index contributed by atoms with van der Waals surface area (Å²) in [6, 6.07) is 6.81. The van der Waals surface area contributed by atoms with E-state index in [4.69, 9.17) is 4.74 Å². The molecule has 1 fully saturated rings. The summed E-state index contributed by atoms with van der Waals surface area (Å²) in [6.45, 7) is 7.69. The van der Waals surface area contributed by atoms with Crippen molar-refractivity contribution in [2.75, 3.05) is 19.6 Å². The third-order valence-corrected chi connectivity index (χ3v) is 5.42. The minimum absolute atomic E-state index is 0.0164. The minimum atomic E-state index is -0.0164. The molecule has 0 bridgehead atoms. The van der Waals surface area contributed by atoms with E-state index in [0.29, 0.717) is 12.0 Å². The molecule has 116 valence electrons. The highest BCUT2D eigenvalue weighted by Gasteiger charge is 2.46. The Morgan fingerprint density at radius 2 is 2.33 bits per heavy atom. The Kier molecular flexibility index (Phi) is 4.57. The summed E-state index contributed by atoms with van der Waals surface area (Å²) < 4.78 is 7.66. The molecule has 21 heavy (non-hydrogen) atoms. The van der Waals surface area contributed by atoms with E-state index in [2.05, 4.69) is 58.6 Å². The van der Waals surface area contributed by atoms with Crippen LogP contribution < -0.4 is 15.4 Å². The van der Waals surface area contributed by atoms with Crippen molar-refractivity contribution in [3.63, 3.8) is 0 Å². The van der Waals surface area contributed by atoms with Gasteiger partial charge in [0.1, 0.15) is 11.4 Å². The van der Waals surface area contributed by atoms with E-state index >= 15 is 0 Å². The number of hydrogen-bond acceptors (Lipinski definition) is 3.